The van der Waals surface area contributed by atoms with Crippen molar-refractivity contribution in [1.82, 2.24) is 5.32 Å². The highest BCUT2D eigenvalue weighted by Gasteiger charge is 2.36. The second-order valence-corrected chi connectivity index (χ2v) is 4.62. The summed E-state index contributed by atoms with van der Waals surface area (Å²) in [6.45, 7) is 2.99. The summed E-state index contributed by atoms with van der Waals surface area (Å²) in [7, 11) is 0. The van der Waals surface area contributed by atoms with Crippen molar-refractivity contribution in [2.75, 3.05) is 6.54 Å². The van der Waals surface area contributed by atoms with E-state index < -0.39 is 0 Å². The lowest BCUT2D eigenvalue weighted by Gasteiger charge is -2.10. The summed E-state index contributed by atoms with van der Waals surface area (Å²) in [4.78, 5) is 10.5. The van der Waals surface area contributed by atoms with Gasteiger partial charge in [-0.25, -0.2) is 0 Å². The predicted molar refractivity (Wildman–Crippen MR) is 62.4 cm³/mol. The zero-order valence-corrected chi connectivity index (χ0v) is 9.40. The minimum atomic E-state index is -0.311. The first-order chi connectivity index (χ1) is 7.61. The molecule has 0 heterocycles. The van der Waals surface area contributed by atoms with Gasteiger partial charge in [0, 0.05) is 17.2 Å². The Kier molecular flexibility index (Phi) is 2.92. The van der Waals surface area contributed by atoms with Crippen LogP contribution < -0.4 is 5.32 Å². The molecule has 1 saturated carbocycles. The third-order valence-electron chi connectivity index (χ3n) is 3.13. The lowest BCUT2D eigenvalue weighted by Crippen LogP contribution is -2.29. The number of hydrogen-bond donors (Lipinski definition) is 1. The molecule has 1 aromatic rings. The number of para-hydroxylation sites is 1. The van der Waals surface area contributed by atoms with Gasteiger partial charge >= 0.3 is 0 Å². The maximum atomic E-state index is 10.8. The van der Waals surface area contributed by atoms with Gasteiger partial charge in [-0.3, -0.25) is 10.1 Å². The molecule has 16 heavy (non-hydrogen) atoms. The Morgan fingerprint density at radius 1 is 1.44 bits per heavy atom. The Labute approximate surface area is 94.8 Å². The molecular formula is C12H16N2O2. The minimum Gasteiger partial charge on any atom is -0.311 e. The van der Waals surface area contributed by atoms with E-state index in [-0.39, 0.29) is 10.6 Å². The topological polar surface area (TPSA) is 55.2 Å². The van der Waals surface area contributed by atoms with E-state index in [1.165, 1.54) is 12.8 Å². The van der Waals surface area contributed by atoms with Crippen LogP contribution in [0.15, 0.2) is 24.3 Å². The monoisotopic (exact) mass is 220 g/mol. The summed E-state index contributed by atoms with van der Waals surface area (Å²) < 4.78 is 0. The summed E-state index contributed by atoms with van der Waals surface area (Å²) in [6.07, 6.45) is 3.14. The van der Waals surface area contributed by atoms with Gasteiger partial charge < -0.3 is 5.32 Å². The fraction of sp³-hybridized carbons (Fsp3) is 0.500. The molecule has 0 aromatic heterocycles. The van der Waals surface area contributed by atoms with Crippen molar-refractivity contribution in [1.29, 1.82) is 0 Å². The maximum Gasteiger partial charge on any atom is 0.272 e. The van der Waals surface area contributed by atoms with E-state index in [0.717, 1.165) is 12.1 Å². The van der Waals surface area contributed by atoms with Gasteiger partial charge in [0.1, 0.15) is 0 Å². The molecule has 0 spiro atoms. The van der Waals surface area contributed by atoms with E-state index in [9.17, 15) is 10.1 Å². The number of hydrogen-bond acceptors (Lipinski definition) is 3. The van der Waals surface area contributed by atoms with Crippen molar-refractivity contribution >= 4 is 5.69 Å². The average molecular weight is 220 g/mol. The minimum absolute atomic E-state index is 0.227. The predicted octanol–water partition coefficient (Wildman–Crippen LogP) is 2.28. The molecule has 0 bridgehead atoms. The zero-order valence-electron chi connectivity index (χ0n) is 9.40. The highest BCUT2D eigenvalue weighted by molar-refractivity contribution is 5.39. The fourth-order valence-electron chi connectivity index (χ4n) is 1.76. The van der Waals surface area contributed by atoms with Gasteiger partial charge in [0.15, 0.2) is 0 Å². The molecule has 0 amide bonds. The molecule has 1 aliphatic carbocycles. The van der Waals surface area contributed by atoms with Gasteiger partial charge in [0.05, 0.1) is 4.92 Å². The van der Waals surface area contributed by atoms with E-state index in [0.29, 0.717) is 12.0 Å². The quantitative estimate of drug-likeness (QED) is 0.611. The Morgan fingerprint density at radius 3 is 2.75 bits per heavy atom. The largest absolute Gasteiger partial charge is 0.311 e. The SMILES string of the molecule is CC1(NCCc2ccccc2[N+](=O)[O-])CC1. The molecule has 4 heteroatoms. The summed E-state index contributed by atoms with van der Waals surface area (Å²) in [5, 5.41) is 14.2. The Balaban J connectivity index is 1.95. The number of nitrogens with one attached hydrogen (secondary N) is 1. The third kappa shape index (κ3) is 2.58. The smallest absolute Gasteiger partial charge is 0.272 e. The second kappa shape index (κ2) is 4.22. The summed E-state index contributed by atoms with van der Waals surface area (Å²) in [6, 6.07) is 6.95. The molecule has 0 atom stereocenters. The average Bonchev–Trinajstić information content (AvgIpc) is 2.97. The molecule has 4 nitrogen and oxygen atoms in total. The second-order valence-electron chi connectivity index (χ2n) is 4.62. The van der Waals surface area contributed by atoms with Crippen LogP contribution in [0.3, 0.4) is 0 Å². The van der Waals surface area contributed by atoms with Crippen molar-refractivity contribution in [2.24, 2.45) is 0 Å². The van der Waals surface area contributed by atoms with Crippen LogP contribution in [-0.2, 0) is 6.42 Å². The van der Waals surface area contributed by atoms with Gasteiger partial charge in [0.2, 0.25) is 0 Å². The lowest BCUT2D eigenvalue weighted by molar-refractivity contribution is -0.385. The van der Waals surface area contributed by atoms with Crippen LogP contribution in [0.4, 0.5) is 5.69 Å². The lowest BCUT2D eigenvalue weighted by atomic mass is 10.1. The standard InChI is InChI=1S/C12H16N2O2/c1-12(7-8-12)13-9-6-10-4-2-3-5-11(10)14(15)16/h2-5,13H,6-9H2,1H3. The summed E-state index contributed by atoms with van der Waals surface area (Å²) in [5.74, 6) is 0. The number of rotatable bonds is 5. The normalized spacial score (nSPS) is 17.1. The maximum absolute atomic E-state index is 10.8. The van der Waals surface area contributed by atoms with Crippen molar-refractivity contribution in [3.05, 3.63) is 39.9 Å². The molecular weight excluding hydrogens is 204 g/mol. The van der Waals surface area contributed by atoms with Gasteiger partial charge in [-0.15, -0.1) is 0 Å². The summed E-state index contributed by atoms with van der Waals surface area (Å²) >= 11 is 0. The first-order valence-corrected chi connectivity index (χ1v) is 5.58. The van der Waals surface area contributed by atoms with Crippen LogP contribution in [0.2, 0.25) is 0 Å². The fourth-order valence-corrected chi connectivity index (χ4v) is 1.76. The van der Waals surface area contributed by atoms with Crippen LogP contribution in [0, 0.1) is 10.1 Å². The molecule has 2 rings (SSSR count). The highest BCUT2D eigenvalue weighted by Crippen LogP contribution is 2.34. The molecule has 0 radical (unpaired) electrons. The van der Waals surface area contributed by atoms with Crippen molar-refractivity contribution in [3.8, 4) is 0 Å². The Hall–Kier alpha value is -1.42. The number of nitro benzene ring substituents is 1. The molecule has 1 fully saturated rings. The molecule has 86 valence electrons. The van der Waals surface area contributed by atoms with Gasteiger partial charge in [0.25, 0.3) is 5.69 Å². The van der Waals surface area contributed by atoms with Crippen LogP contribution >= 0.6 is 0 Å². The van der Waals surface area contributed by atoms with Crippen molar-refractivity contribution in [2.45, 2.75) is 31.7 Å². The molecule has 0 unspecified atom stereocenters. The third-order valence-corrected chi connectivity index (χ3v) is 3.13. The van der Waals surface area contributed by atoms with E-state index in [1.54, 1.807) is 12.1 Å². The van der Waals surface area contributed by atoms with Crippen molar-refractivity contribution in [3.63, 3.8) is 0 Å². The molecule has 1 aromatic carbocycles. The van der Waals surface area contributed by atoms with E-state index in [4.69, 9.17) is 0 Å². The first-order valence-electron chi connectivity index (χ1n) is 5.58. The molecule has 0 saturated heterocycles. The molecule has 1 aliphatic rings. The van der Waals surface area contributed by atoms with E-state index in [2.05, 4.69) is 12.2 Å². The Bertz CT molecular complexity index is 400. The van der Waals surface area contributed by atoms with Gasteiger partial charge in [-0.05, 0) is 32.7 Å². The van der Waals surface area contributed by atoms with Crippen LogP contribution in [0.1, 0.15) is 25.3 Å². The van der Waals surface area contributed by atoms with Gasteiger partial charge in [-0.1, -0.05) is 18.2 Å². The van der Waals surface area contributed by atoms with E-state index in [1.807, 2.05) is 12.1 Å². The van der Waals surface area contributed by atoms with Crippen molar-refractivity contribution < 1.29 is 4.92 Å². The number of benzene rings is 1. The Morgan fingerprint density at radius 2 is 2.12 bits per heavy atom. The van der Waals surface area contributed by atoms with Crippen LogP contribution in [-0.4, -0.2) is 17.0 Å². The highest BCUT2D eigenvalue weighted by atomic mass is 16.6. The zero-order chi connectivity index (χ0) is 11.6. The summed E-state index contributed by atoms with van der Waals surface area (Å²) in [5.41, 5.74) is 1.33. The molecule has 0 aliphatic heterocycles. The number of nitro groups is 1. The van der Waals surface area contributed by atoms with E-state index >= 15 is 0 Å². The molecule has 1 N–H and O–H groups in total. The van der Waals surface area contributed by atoms with Gasteiger partial charge in [-0.2, -0.15) is 0 Å². The van der Waals surface area contributed by atoms with Crippen LogP contribution in [0.5, 0.6) is 0 Å². The van der Waals surface area contributed by atoms with Crippen LogP contribution in [0.25, 0.3) is 0 Å². The first kappa shape index (κ1) is 11.1. The number of nitrogens with zero attached hydrogens (tertiary/aromatic N) is 1.